The van der Waals surface area contributed by atoms with Crippen molar-refractivity contribution >= 4 is 62.3 Å². The summed E-state index contributed by atoms with van der Waals surface area (Å²) in [6.45, 7) is 4.91. The Bertz CT molecular complexity index is 1730. The lowest BCUT2D eigenvalue weighted by atomic mass is 10.0. The molecule has 0 radical (unpaired) electrons. The van der Waals surface area contributed by atoms with Gasteiger partial charge in [-0.1, -0.05) is 102 Å². The van der Waals surface area contributed by atoms with Crippen LogP contribution in [0, 0.1) is 0 Å². The summed E-state index contributed by atoms with van der Waals surface area (Å²) in [6.07, 6.45) is 0.186. The zero-order chi connectivity index (χ0) is 32.8. The van der Waals surface area contributed by atoms with Crippen LogP contribution in [0.25, 0.3) is 0 Å². The van der Waals surface area contributed by atoms with Gasteiger partial charge in [0.15, 0.2) is 0 Å². The molecule has 0 heterocycles. The SMILES string of the molecule is CC(C)(C)NC(=O)[C@H](Cc1ccccc1)N(Cc1ccc(Cl)cc1)C(=O)CN(c1cccc(Cl)c1Cl)S(=O)(=O)c1ccccc1. The molecule has 2 amide bonds. The molecule has 236 valence electrons. The first-order chi connectivity index (χ1) is 21.3. The molecule has 0 bridgehead atoms. The predicted octanol–water partition coefficient (Wildman–Crippen LogP) is 7.40. The van der Waals surface area contributed by atoms with Crippen LogP contribution in [0.3, 0.4) is 0 Å². The van der Waals surface area contributed by atoms with E-state index in [-0.39, 0.29) is 39.5 Å². The van der Waals surface area contributed by atoms with Gasteiger partial charge in [-0.15, -0.1) is 0 Å². The van der Waals surface area contributed by atoms with Crippen LogP contribution in [-0.4, -0.2) is 43.3 Å². The number of anilines is 1. The number of nitrogens with zero attached hydrogens (tertiary/aromatic N) is 2. The number of sulfonamides is 1. The van der Waals surface area contributed by atoms with Crippen LogP contribution < -0.4 is 9.62 Å². The normalized spacial score (nSPS) is 12.3. The molecule has 4 aromatic carbocycles. The van der Waals surface area contributed by atoms with E-state index in [0.717, 1.165) is 9.87 Å². The van der Waals surface area contributed by atoms with Crippen LogP contribution in [0.4, 0.5) is 5.69 Å². The number of hydrogen-bond acceptors (Lipinski definition) is 4. The van der Waals surface area contributed by atoms with Crippen molar-refractivity contribution in [3.8, 4) is 0 Å². The van der Waals surface area contributed by atoms with Gasteiger partial charge in [-0.05, 0) is 68.3 Å². The zero-order valence-corrected chi connectivity index (χ0v) is 28.2. The molecule has 0 aliphatic rings. The van der Waals surface area contributed by atoms with Crippen molar-refractivity contribution in [2.24, 2.45) is 0 Å². The molecule has 45 heavy (non-hydrogen) atoms. The van der Waals surface area contributed by atoms with E-state index in [1.54, 1.807) is 48.5 Å². The van der Waals surface area contributed by atoms with Crippen molar-refractivity contribution < 1.29 is 18.0 Å². The van der Waals surface area contributed by atoms with Crippen LogP contribution in [0.2, 0.25) is 15.1 Å². The summed E-state index contributed by atoms with van der Waals surface area (Å²) in [6, 6.07) is 27.6. The van der Waals surface area contributed by atoms with Crippen molar-refractivity contribution in [1.82, 2.24) is 10.2 Å². The lowest BCUT2D eigenvalue weighted by Gasteiger charge is -2.35. The van der Waals surface area contributed by atoms with Crippen LogP contribution in [0.1, 0.15) is 31.9 Å². The van der Waals surface area contributed by atoms with Crippen LogP contribution in [-0.2, 0) is 32.6 Å². The first-order valence-electron chi connectivity index (χ1n) is 14.2. The van der Waals surface area contributed by atoms with E-state index in [1.807, 2.05) is 51.1 Å². The van der Waals surface area contributed by atoms with Crippen LogP contribution in [0.5, 0.6) is 0 Å². The van der Waals surface area contributed by atoms with Gasteiger partial charge in [0.1, 0.15) is 12.6 Å². The van der Waals surface area contributed by atoms with Gasteiger partial charge in [0.05, 0.1) is 20.6 Å². The molecule has 0 spiro atoms. The Morgan fingerprint density at radius 3 is 1.98 bits per heavy atom. The Balaban J connectivity index is 1.84. The highest BCUT2D eigenvalue weighted by atomic mass is 35.5. The molecule has 0 aromatic heterocycles. The molecule has 0 saturated heterocycles. The second-order valence-electron chi connectivity index (χ2n) is 11.5. The second kappa shape index (κ2) is 14.7. The lowest BCUT2D eigenvalue weighted by molar-refractivity contribution is -0.140. The summed E-state index contributed by atoms with van der Waals surface area (Å²) < 4.78 is 29.1. The minimum absolute atomic E-state index is 0.00751. The molecule has 0 aliphatic heterocycles. The maximum atomic E-state index is 14.5. The first kappa shape index (κ1) is 34.3. The molecule has 1 N–H and O–H groups in total. The molecule has 0 aliphatic carbocycles. The Labute approximate surface area is 279 Å². The molecular formula is C34H34Cl3N3O4S. The van der Waals surface area contributed by atoms with E-state index in [9.17, 15) is 18.0 Å². The largest absolute Gasteiger partial charge is 0.350 e. The molecule has 0 unspecified atom stereocenters. The smallest absolute Gasteiger partial charge is 0.264 e. The number of hydrogen-bond donors (Lipinski definition) is 1. The number of amides is 2. The Hall–Kier alpha value is -3.56. The molecule has 0 fully saturated rings. The third kappa shape index (κ3) is 9.01. The Kier molecular flexibility index (Phi) is 11.2. The van der Waals surface area contributed by atoms with Gasteiger partial charge in [0.25, 0.3) is 10.0 Å². The predicted molar refractivity (Wildman–Crippen MR) is 181 cm³/mol. The Morgan fingerprint density at radius 2 is 1.38 bits per heavy atom. The minimum Gasteiger partial charge on any atom is -0.350 e. The summed E-state index contributed by atoms with van der Waals surface area (Å²) >= 11 is 19.0. The van der Waals surface area contributed by atoms with Gasteiger partial charge in [-0.2, -0.15) is 0 Å². The number of carbonyl (C=O) groups excluding carboxylic acids is 2. The number of benzene rings is 4. The highest BCUT2D eigenvalue weighted by molar-refractivity contribution is 7.92. The van der Waals surface area contributed by atoms with E-state index < -0.39 is 34.1 Å². The standard InChI is InChI=1S/C34H34Cl3N3O4S/c1-34(2,3)38-33(42)30(21-24-11-6-4-7-12-24)39(22-25-17-19-26(35)20-18-25)31(41)23-40(29-16-10-15-28(36)32(29)37)45(43,44)27-13-8-5-9-14-27/h4-20,30H,21-23H2,1-3H3,(H,38,42)/t30-/m0/s1. The van der Waals surface area contributed by atoms with Gasteiger partial charge in [0, 0.05) is 23.5 Å². The number of carbonyl (C=O) groups is 2. The second-order valence-corrected chi connectivity index (χ2v) is 14.6. The monoisotopic (exact) mass is 685 g/mol. The van der Waals surface area contributed by atoms with E-state index >= 15 is 0 Å². The van der Waals surface area contributed by atoms with E-state index in [2.05, 4.69) is 5.32 Å². The van der Waals surface area contributed by atoms with Crippen LogP contribution >= 0.6 is 34.8 Å². The fourth-order valence-electron chi connectivity index (χ4n) is 4.71. The summed E-state index contributed by atoms with van der Waals surface area (Å²) in [5.74, 6) is -1.00. The quantitative estimate of drug-likeness (QED) is 0.178. The summed E-state index contributed by atoms with van der Waals surface area (Å²) in [7, 11) is -4.31. The van der Waals surface area contributed by atoms with Crippen molar-refractivity contribution in [3.05, 3.63) is 129 Å². The maximum absolute atomic E-state index is 14.5. The zero-order valence-electron chi connectivity index (χ0n) is 25.1. The third-order valence-electron chi connectivity index (χ3n) is 6.85. The van der Waals surface area contributed by atoms with Crippen molar-refractivity contribution in [1.29, 1.82) is 0 Å². The van der Waals surface area contributed by atoms with Gasteiger partial charge in [-0.25, -0.2) is 8.42 Å². The highest BCUT2D eigenvalue weighted by Gasteiger charge is 2.36. The van der Waals surface area contributed by atoms with E-state index in [1.165, 1.54) is 29.2 Å². The molecule has 7 nitrogen and oxygen atoms in total. The van der Waals surface area contributed by atoms with Crippen molar-refractivity contribution in [2.75, 3.05) is 10.8 Å². The minimum atomic E-state index is -4.31. The molecule has 4 aromatic rings. The first-order valence-corrected chi connectivity index (χ1v) is 16.8. The number of halogens is 3. The molecule has 4 rings (SSSR count). The maximum Gasteiger partial charge on any atom is 0.264 e. The Morgan fingerprint density at radius 1 is 0.778 bits per heavy atom. The van der Waals surface area contributed by atoms with E-state index in [0.29, 0.717) is 10.6 Å². The van der Waals surface area contributed by atoms with E-state index in [4.69, 9.17) is 34.8 Å². The topological polar surface area (TPSA) is 86.8 Å². The van der Waals surface area contributed by atoms with Crippen molar-refractivity contribution in [3.63, 3.8) is 0 Å². The van der Waals surface area contributed by atoms with Crippen LogP contribution in [0.15, 0.2) is 108 Å². The van der Waals surface area contributed by atoms with Gasteiger partial charge in [-0.3, -0.25) is 13.9 Å². The van der Waals surface area contributed by atoms with Gasteiger partial charge < -0.3 is 10.2 Å². The summed E-state index contributed by atoms with van der Waals surface area (Å²) in [5, 5.41) is 3.61. The third-order valence-corrected chi connectivity index (χ3v) is 9.68. The molecule has 11 heteroatoms. The average Bonchev–Trinajstić information content (AvgIpc) is 3.00. The highest BCUT2D eigenvalue weighted by Crippen LogP contribution is 2.35. The van der Waals surface area contributed by atoms with Gasteiger partial charge in [0.2, 0.25) is 11.8 Å². The fourth-order valence-corrected chi connectivity index (χ4v) is 6.73. The number of nitrogens with one attached hydrogen (secondary N) is 1. The van der Waals surface area contributed by atoms with Gasteiger partial charge >= 0.3 is 0 Å². The molecule has 0 saturated carbocycles. The number of rotatable bonds is 11. The molecule has 1 atom stereocenters. The average molecular weight is 687 g/mol. The fraction of sp³-hybridized carbons (Fsp3) is 0.235. The van der Waals surface area contributed by atoms with Crippen molar-refractivity contribution in [2.45, 2.75) is 50.2 Å². The summed E-state index contributed by atoms with van der Waals surface area (Å²) in [5.41, 5.74) is 0.962. The summed E-state index contributed by atoms with van der Waals surface area (Å²) in [4.78, 5) is 29.8. The lowest BCUT2D eigenvalue weighted by Crippen LogP contribution is -2.56. The molecular weight excluding hydrogens is 653 g/mol.